The predicted octanol–water partition coefficient (Wildman–Crippen LogP) is 6.16. The first kappa shape index (κ1) is 31.3. The van der Waals surface area contributed by atoms with Crippen LogP contribution in [-0.2, 0) is 6.42 Å². The molecule has 0 bridgehead atoms. The summed E-state index contributed by atoms with van der Waals surface area (Å²) >= 11 is 0. The van der Waals surface area contributed by atoms with Crippen molar-refractivity contribution in [2.45, 2.75) is 45.4 Å². The van der Waals surface area contributed by atoms with E-state index in [2.05, 4.69) is 15.4 Å². The third-order valence-electron chi connectivity index (χ3n) is 7.30. The first-order chi connectivity index (χ1) is 17.0. The Labute approximate surface area is 231 Å². The molecule has 0 unspecified atom stereocenters. The normalized spacial score (nSPS) is 16.8. The summed E-state index contributed by atoms with van der Waals surface area (Å²) in [5.41, 5.74) is 2.88. The van der Waals surface area contributed by atoms with Crippen molar-refractivity contribution in [3.8, 4) is 11.5 Å². The molecule has 1 aliphatic carbocycles. The average molecular weight is 557 g/mol. The molecule has 37 heavy (non-hydrogen) atoms. The summed E-state index contributed by atoms with van der Waals surface area (Å²) in [7, 11) is 3.75. The number of nitrogens with one attached hydrogen (secondary N) is 1. The van der Waals surface area contributed by atoms with Crippen molar-refractivity contribution < 1.29 is 18.8 Å². The van der Waals surface area contributed by atoms with Crippen LogP contribution >= 0.6 is 24.8 Å². The van der Waals surface area contributed by atoms with Crippen molar-refractivity contribution in [3.63, 3.8) is 0 Å². The molecule has 9 heteroatoms. The number of hydrogen-bond acceptors (Lipinski definition) is 6. The van der Waals surface area contributed by atoms with Gasteiger partial charge in [0.05, 0.1) is 5.69 Å². The monoisotopic (exact) mass is 555 g/mol. The molecule has 206 valence electrons. The van der Waals surface area contributed by atoms with Gasteiger partial charge in [-0.05, 0) is 115 Å². The number of likely N-dealkylation sites (tertiary alicyclic amines) is 1. The number of halogens is 3. The van der Waals surface area contributed by atoms with Gasteiger partial charge in [0.1, 0.15) is 17.3 Å². The Morgan fingerprint density at radius 2 is 1.76 bits per heavy atom. The van der Waals surface area contributed by atoms with E-state index in [9.17, 15) is 9.50 Å². The maximum Gasteiger partial charge on any atom is 0.173 e. The minimum absolute atomic E-state index is 0. The molecule has 0 spiro atoms. The third kappa shape index (κ3) is 8.04. The second kappa shape index (κ2) is 14.3. The number of aryl methyl sites for hydroxylation is 2. The standard InChI is InChI=1S/C26H31FN2O3.C2H7N.2ClH/c1-18-24(31-21-5-3-20(27)4-6-21)9-7-22-23(28-32-25(18)22)8-2-19-10-14-29(15-11-19)16-26(17-30)12-13-26;1-3-2;;/h3-7,9,19,30H,2,8,10-17H2,1H3;3H,1-2H3;2*1H. The highest BCUT2D eigenvalue weighted by atomic mass is 35.5. The Balaban J connectivity index is 0.000000919. The molecular weight excluding hydrogens is 516 g/mol. The van der Waals surface area contributed by atoms with Crippen LogP contribution in [0.1, 0.15) is 43.4 Å². The minimum Gasteiger partial charge on any atom is -0.457 e. The summed E-state index contributed by atoms with van der Waals surface area (Å²) in [5.74, 6) is 1.71. The van der Waals surface area contributed by atoms with Crippen LogP contribution in [0.2, 0.25) is 0 Å². The van der Waals surface area contributed by atoms with Gasteiger partial charge in [-0.3, -0.25) is 0 Å². The summed E-state index contributed by atoms with van der Waals surface area (Å²) < 4.78 is 24.7. The molecule has 2 N–H and O–H groups in total. The Morgan fingerprint density at radius 1 is 1.11 bits per heavy atom. The maximum absolute atomic E-state index is 13.1. The SMILES string of the molecule is CNC.Cc1c(Oc2ccc(F)cc2)ccc2c(CCC3CCN(CC4(CO)CC4)CC3)noc12.Cl.Cl. The molecule has 3 aromatic rings. The van der Waals surface area contributed by atoms with Crippen LogP contribution in [0.15, 0.2) is 40.9 Å². The van der Waals surface area contributed by atoms with Gasteiger partial charge in [0, 0.05) is 29.5 Å². The van der Waals surface area contributed by atoms with Gasteiger partial charge in [-0.2, -0.15) is 0 Å². The van der Waals surface area contributed by atoms with E-state index in [-0.39, 0.29) is 36.0 Å². The average Bonchev–Trinajstić information content (AvgIpc) is 3.51. The number of aliphatic hydroxyl groups is 1. The number of fused-ring (bicyclic) bond motifs is 1. The number of nitrogens with zero attached hydrogens (tertiary/aromatic N) is 2. The molecule has 5 rings (SSSR count). The molecule has 2 fully saturated rings. The van der Waals surface area contributed by atoms with Crippen LogP contribution in [0.5, 0.6) is 11.5 Å². The van der Waals surface area contributed by atoms with Crippen molar-refractivity contribution in [1.29, 1.82) is 0 Å². The molecule has 1 saturated heterocycles. The van der Waals surface area contributed by atoms with E-state index in [0.717, 1.165) is 54.7 Å². The van der Waals surface area contributed by atoms with E-state index in [1.54, 1.807) is 12.1 Å². The first-order valence-electron chi connectivity index (χ1n) is 12.7. The molecule has 0 radical (unpaired) electrons. The number of benzene rings is 2. The van der Waals surface area contributed by atoms with E-state index in [1.165, 1.54) is 37.8 Å². The lowest BCUT2D eigenvalue weighted by Crippen LogP contribution is -2.38. The Kier molecular flexibility index (Phi) is 12.1. The van der Waals surface area contributed by atoms with Gasteiger partial charge in [0.25, 0.3) is 0 Å². The number of aliphatic hydroxyl groups excluding tert-OH is 1. The van der Waals surface area contributed by atoms with Gasteiger partial charge in [-0.25, -0.2) is 4.39 Å². The molecule has 0 atom stereocenters. The second-order valence-corrected chi connectivity index (χ2v) is 10.2. The summed E-state index contributed by atoms with van der Waals surface area (Å²) in [6.07, 6.45) is 6.82. The third-order valence-corrected chi connectivity index (χ3v) is 7.30. The first-order valence-corrected chi connectivity index (χ1v) is 12.7. The van der Waals surface area contributed by atoms with Gasteiger partial charge < -0.3 is 24.6 Å². The fourth-order valence-corrected chi connectivity index (χ4v) is 4.88. The minimum atomic E-state index is -0.285. The van der Waals surface area contributed by atoms with Crippen LogP contribution in [0, 0.1) is 24.1 Å². The largest absolute Gasteiger partial charge is 0.457 e. The number of ether oxygens (including phenoxy) is 1. The van der Waals surface area contributed by atoms with Crippen molar-refractivity contribution in [2.75, 3.05) is 40.3 Å². The van der Waals surface area contributed by atoms with Gasteiger partial charge in [-0.15, -0.1) is 24.8 Å². The molecule has 6 nitrogen and oxygen atoms in total. The lowest BCUT2D eigenvalue weighted by atomic mass is 9.90. The summed E-state index contributed by atoms with van der Waals surface area (Å²) in [4.78, 5) is 2.54. The van der Waals surface area contributed by atoms with Crippen LogP contribution in [0.25, 0.3) is 11.0 Å². The van der Waals surface area contributed by atoms with Crippen LogP contribution in [0.3, 0.4) is 0 Å². The molecule has 2 aromatic carbocycles. The fraction of sp³-hybridized carbons (Fsp3) is 0.536. The highest BCUT2D eigenvalue weighted by Gasteiger charge is 2.43. The van der Waals surface area contributed by atoms with Crippen LogP contribution < -0.4 is 10.1 Å². The van der Waals surface area contributed by atoms with Crippen molar-refractivity contribution in [2.24, 2.45) is 11.3 Å². The molecule has 1 aliphatic heterocycles. The lowest BCUT2D eigenvalue weighted by Gasteiger charge is -2.34. The summed E-state index contributed by atoms with van der Waals surface area (Å²) in [6, 6.07) is 9.96. The van der Waals surface area contributed by atoms with Crippen molar-refractivity contribution in [3.05, 3.63) is 53.5 Å². The lowest BCUT2D eigenvalue weighted by molar-refractivity contribution is 0.115. The number of piperidine rings is 1. The van der Waals surface area contributed by atoms with E-state index < -0.39 is 0 Å². The van der Waals surface area contributed by atoms with E-state index in [0.29, 0.717) is 24.0 Å². The Morgan fingerprint density at radius 3 is 2.35 bits per heavy atom. The number of rotatable bonds is 8. The molecular formula is C28H40Cl2FN3O3. The molecule has 2 heterocycles. The summed E-state index contributed by atoms with van der Waals surface area (Å²) in [5, 5.41) is 17.7. The topological polar surface area (TPSA) is 70.8 Å². The maximum atomic E-state index is 13.1. The zero-order valence-electron chi connectivity index (χ0n) is 22.0. The molecule has 1 saturated carbocycles. The summed E-state index contributed by atoms with van der Waals surface area (Å²) in [6.45, 7) is 5.63. The second-order valence-electron chi connectivity index (χ2n) is 10.2. The Hall–Kier alpha value is -1.90. The highest BCUT2D eigenvalue weighted by Crippen LogP contribution is 2.46. The number of aromatic nitrogens is 1. The predicted molar refractivity (Wildman–Crippen MR) is 151 cm³/mol. The van der Waals surface area contributed by atoms with E-state index >= 15 is 0 Å². The highest BCUT2D eigenvalue weighted by molar-refractivity contribution is 5.86. The quantitative estimate of drug-likeness (QED) is 0.346. The van der Waals surface area contributed by atoms with E-state index in [1.807, 2.05) is 33.2 Å². The molecule has 2 aliphatic rings. The molecule has 1 aromatic heterocycles. The van der Waals surface area contributed by atoms with Crippen molar-refractivity contribution in [1.82, 2.24) is 15.4 Å². The fourth-order valence-electron chi connectivity index (χ4n) is 4.88. The van der Waals surface area contributed by atoms with Gasteiger partial charge in [-0.1, -0.05) is 5.16 Å². The van der Waals surface area contributed by atoms with E-state index in [4.69, 9.17) is 9.26 Å². The van der Waals surface area contributed by atoms with Gasteiger partial charge in [0.15, 0.2) is 5.58 Å². The number of hydrogen-bond donors (Lipinski definition) is 2. The molecule has 0 amide bonds. The van der Waals surface area contributed by atoms with Gasteiger partial charge in [0.2, 0.25) is 0 Å². The zero-order chi connectivity index (χ0) is 24.8. The smallest absolute Gasteiger partial charge is 0.173 e. The Bertz CT molecular complexity index is 1100. The van der Waals surface area contributed by atoms with Crippen molar-refractivity contribution >= 4 is 35.8 Å². The van der Waals surface area contributed by atoms with Crippen LogP contribution in [0.4, 0.5) is 4.39 Å². The van der Waals surface area contributed by atoms with Gasteiger partial charge >= 0.3 is 0 Å². The van der Waals surface area contributed by atoms with Crippen LogP contribution in [-0.4, -0.2) is 55.5 Å². The zero-order valence-corrected chi connectivity index (χ0v) is 23.6.